The third-order valence-corrected chi connectivity index (χ3v) is 1.46. The average molecular weight is 180 g/mol. The molecule has 1 rings (SSSR count). The third kappa shape index (κ3) is 2.74. The highest BCUT2D eigenvalue weighted by Gasteiger charge is 2.00. The molecule has 0 atom stereocenters. The largest absolute Gasteiger partial charge is 0.492 e. The van der Waals surface area contributed by atoms with Gasteiger partial charge in [-0.3, -0.25) is 4.79 Å². The Balaban J connectivity index is 2.64. The Hall–Kier alpha value is -1.58. The lowest BCUT2D eigenvalue weighted by Crippen LogP contribution is -2.12. The molecule has 13 heavy (non-hydrogen) atoms. The van der Waals surface area contributed by atoms with Gasteiger partial charge in [0.05, 0.1) is 12.8 Å². The van der Waals surface area contributed by atoms with Crippen LogP contribution in [0.25, 0.3) is 0 Å². The number of nitrogens with two attached hydrogens (primary N) is 1. The van der Waals surface area contributed by atoms with Crippen LogP contribution in [0.4, 0.5) is 0 Å². The first-order chi connectivity index (χ1) is 6.24. The molecular weight excluding hydrogens is 168 g/mol. The summed E-state index contributed by atoms with van der Waals surface area (Å²) in [6.07, 6.45) is 2.44. The van der Waals surface area contributed by atoms with E-state index in [9.17, 15) is 4.79 Å². The Kier molecular flexibility index (Phi) is 3.25. The van der Waals surface area contributed by atoms with Crippen LogP contribution in [0.15, 0.2) is 18.3 Å². The van der Waals surface area contributed by atoms with E-state index in [1.165, 1.54) is 6.20 Å². The van der Waals surface area contributed by atoms with E-state index in [-0.39, 0.29) is 5.69 Å². The molecule has 2 N–H and O–H groups in total. The summed E-state index contributed by atoms with van der Waals surface area (Å²) in [6, 6.07) is 3.23. The van der Waals surface area contributed by atoms with Gasteiger partial charge in [-0.05, 0) is 18.6 Å². The van der Waals surface area contributed by atoms with Crippen molar-refractivity contribution in [2.45, 2.75) is 13.3 Å². The lowest BCUT2D eigenvalue weighted by molar-refractivity contribution is 0.0995. The van der Waals surface area contributed by atoms with Gasteiger partial charge < -0.3 is 10.5 Å². The van der Waals surface area contributed by atoms with Crippen LogP contribution < -0.4 is 10.5 Å². The van der Waals surface area contributed by atoms with E-state index >= 15 is 0 Å². The Labute approximate surface area is 76.7 Å². The van der Waals surface area contributed by atoms with Gasteiger partial charge in [-0.25, -0.2) is 4.98 Å². The van der Waals surface area contributed by atoms with Crippen molar-refractivity contribution in [3.63, 3.8) is 0 Å². The summed E-state index contributed by atoms with van der Waals surface area (Å²) in [5.74, 6) is 0.133. The molecule has 0 aliphatic carbocycles. The lowest BCUT2D eigenvalue weighted by Gasteiger charge is -2.03. The highest BCUT2D eigenvalue weighted by Crippen LogP contribution is 2.08. The van der Waals surface area contributed by atoms with Gasteiger partial charge in [-0.2, -0.15) is 0 Å². The van der Waals surface area contributed by atoms with Gasteiger partial charge in [0, 0.05) is 0 Å². The number of aromatic nitrogens is 1. The maximum absolute atomic E-state index is 10.6. The molecule has 4 nitrogen and oxygen atoms in total. The van der Waals surface area contributed by atoms with Crippen LogP contribution in [0.5, 0.6) is 5.75 Å². The van der Waals surface area contributed by atoms with Gasteiger partial charge in [-0.1, -0.05) is 6.92 Å². The number of rotatable bonds is 4. The Morgan fingerprint density at radius 3 is 2.85 bits per heavy atom. The molecular formula is C9H12N2O2. The fraction of sp³-hybridized carbons (Fsp3) is 0.333. The number of ether oxygens (including phenoxy) is 1. The van der Waals surface area contributed by atoms with Crippen molar-refractivity contribution in [1.82, 2.24) is 4.98 Å². The highest BCUT2D eigenvalue weighted by molar-refractivity contribution is 5.90. The molecule has 1 aromatic rings. The molecule has 70 valence electrons. The summed E-state index contributed by atoms with van der Waals surface area (Å²) in [5.41, 5.74) is 5.28. The van der Waals surface area contributed by atoms with E-state index in [0.717, 1.165) is 6.42 Å². The van der Waals surface area contributed by atoms with E-state index in [1.54, 1.807) is 12.1 Å². The Bertz CT molecular complexity index is 282. The zero-order valence-corrected chi connectivity index (χ0v) is 7.49. The standard InChI is InChI=1S/C9H12N2O2/c1-2-5-13-7-3-4-8(9(10)12)11-6-7/h3-4,6H,2,5H2,1H3,(H2,10,12). The molecule has 1 aromatic heterocycles. The normalized spacial score (nSPS) is 9.62. The average Bonchev–Trinajstić information content (AvgIpc) is 2.15. The predicted octanol–water partition coefficient (Wildman–Crippen LogP) is 0.969. The maximum Gasteiger partial charge on any atom is 0.267 e. The molecule has 0 bridgehead atoms. The second-order valence-electron chi connectivity index (χ2n) is 2.59. The number of pyridine rings is 1. The number of carbonyl (C=O) groups is 1. The fourth-order valence-electron chi connectivity index (χ4n) is 0.831. The Morgan fingerprint density at radius 2 is 2.38 bits per heavy atom. The first kappa shape index (κ1) is 9.51. The summed E-state index contributed by atoms with van der Waals surface area (Å²) in [5, 5.41) is 0. The van der Waals surface area contributed by atoms with Crippen molar-refractivity contribution in [1.29, 1.82) is 0 Å². The number of nitrogens with zero attached hydrogens (tertiary/aromatic N) is 1. The summed E-state index contributed by atoms with van der Waals surface area (Å²) in [7, 11) is 0. The van der Waals surface area contributed by atoms with Crippen molar-refractivity contribution in [3.8, 4) is 5.75 Å². The van der Waals surface area contributed by atoms with Crippen LogP contribution in [0.2, 0.25) is 0 Å². The molecule has 1 heterocycles. The van der Waals surface area contributed by atoms with Crippen molar-refractivity contribution in [2.75, 3.05) is 6.61 Å². The number of amides is 1. The van der Waals surface area contributed by atoms with Gasteiger partial charge >= 0.3 is 0 Å². The summed E-state index contributed by atoms with van der Waals surface area (Å²) in [6.45, 7) is 2.67. The van der Waals surface area contributed by atoms with E-state index < -0.39 is 5.91 Å². The van der Waals surface area contributed by atoms with Crippen LogP contribution in [-0.2, 0) is 0 Å². The smallest absolute Gasteiger partial charge is 0.267 e. The quantitative estimate of drug-likeness (QED) is 0.750. The van der Waals surface area contributed by atoms with Crippen molar-refractivity contribution >= 4 is 5.91 Å². The topological polar surface area (TPSA) is 65.2 Å². The number of hydrogen-bond donors (Lipinski definition) is 1. The van der Waals surface area contributed by atoms with E-state index in [0.29, 0.717) is 12.4 Å². The van der Waals surface area contributed by atoms with Crippen LogP contribution in [-0.4, -0.2) is 17.5 Å². The predicted molar refractivity (Wildman–Crippen MR) is 48.5 cm³/mol. The van der Waals surface area contributed by atoms with Crippen LogP contribution >= 0.6 is 0 Å². The summed E-state index contributed by atoms with van der Waals surface area (Å²) < 4.78 is 5.28. The second-order valence-corrected chi connectivity index (χ2v) is 2.59. The number of primary amides is 1. The minimum absolute atomic E-state index is 0.254. The van der Waals surface area contributed by atoms with Crippen molar-refractivity contribution < 1.29 is 9.53 Å². The zero-order valence-electron chi connectivity index (χ0n) is 7.49. The van der Waals surface area contributed by atoms with Gasteiger partial charge in [-0.15, -0.1) is 0 Å². The summed E-state index contributed by atoms with van der Waals surface area (Å²) in [4.78, 5) is 14.5. The maximum atomic E-state index is 10.6. The van der Waals surface area contributed by atoms with E-state index in [2.05, 4.69) is 4.98 Å². The molecule has 0 fully saturated rings. The third-order valence-electron chi connectivity index (χ3n) is 1.46. The van der Waals surface area contributed by atoms with Gasteiger partial charge in [0.15, 0.2) is 0 Å². The van der Waals surface area contributed by atoms with Crippen molar-refractivity contribution in [3.05, 3.63) is 24.0 Å². The molecule has 0 aromatic carbocycles. The van der Waals surface area contributed by atoms with Gasteiger partial charge in [0.1, 0.15) is 11.4 Å². The molecule has 0 unspecified atom stereocenters. The molecule has 0 saturated heterocycles. The van der Waals surface area contributed by atoms with Crippen molar-refractivity contribution in [2.24, 2.45) is 5.73 Å². The highest BCUT2D eigenvalue weighted by atomic mass is 16.5. The second kappa shape index (κ2) is 4.45. The van der Waals surface area contributed by atoms with Crippen LogP contribution in [0.1, 0.15) is 23.8 Å². The molecule has 0 aliphatic heterocycles. The monoisotopic (exact) mass is 180 g/mol. The minimum atomic E-state index is -0.526. The SMILES string of the molecule is CCCOc1ccc(C(N)=O)nc1. The molecule has 0 saturated carbocycles. The molecule has 0 spiro atoms. The van der Waals surface area contributed by atoms with E-state index in [4.69, 9.17) is 10.5 Å². The number of hydrogen-bond acceptors (Lipinski definition) is 3. The number of carbonyl (C=O) groups excluding carboxylic acids is 1. The van der Waals surface area contributed by atoms with Gasteiger partial charge in [0.25, 0.3) is 5.91 Å². The molecule has 0 aliphatic rings. The first-order valence-electron chi connectivity index (χ1n) is 4.12. The molecule has 1 amide bonds. The lowest BCUT2D eigenvalue weighted by atomic mass is 10.3. The van der Waals surface area contributed by atoms with Crippen LogP contribution in [0, 0.1) is 0 Å². The molecule has 4 heteroatoms. The van der Waals surface area contributed by atoms with Crippen LogP contribution in [0.3, 0.4) is 0 Å². The Morgan fingerprint density at radius 1 is 1.62 bits per heavy atom. The first-order valence-corrected chi connectivity index (χ1v) is 4.12. The summed E-state index contributed by atoms with van der Waals surface area (Å²) >= 11 is 0. The van der Waals surface area contributed by atoms with Gasteiger partial charge in [0.2, 0.25) is 0 Å². The molecule has 0 radical (unpaired) electrons. The minimum Gasteiger partial charge on any atom is -0.492 e. The fourth-order valence-corrected chi connectivity index (χ4v) is 0.831. The van der Waals surface area contributed by atoms with E-state index in [1.807, 2.05) is 6.92 Å². The zero-order chi connectivity index (χ0) is 9.68.